The summed E-state index contributed by atoms with van der Waals surface area (Å²) in [5.41, 5.74) is 0.477. The van der Waals surface area contributed by atoms with Gasteiger partial charge in [0, 0.05) is 5.57 Å². The largest absolute Gasteiger partial charge is 0.446 e. The predicted octanol–water partition coefficient (Wildman–Crippen LogP) is 0.650. The van der Waals surface area contributed by atoms with Crippen molar-refractivity contribution in [3.8, 4) is 0 Å². The first-order chi connectivity index (χ1) is 8.58. The number of nitrogens with one attached hydrogen (secondary N) is 2. The number of amides is 3. The average Bonchev–Trinajstić information content (AvgIpc) is 2.32. The first kappa shape index (κ1) is 14.0. The molecule has 0 radical (unpaired) electrons. The highest BCUT2D eigenvalue weighted by molar-refractivity contribution is 6.02. The summed E-state index contributed by atoms with van der Waals surface area (Å²) in [5.74, 6) is -0.927. The Labute approximate surface area is 105 Å². The number of hydrogen-bond acceptors (Lipinski definition) is 4. The minimum absolute atomic E-state index is 0.147. The molecule has 1 atom stereocenters. The molecule has 0 spiro atoms. The van der Waals surface area contributed by atoms with E-state index in [9.17, 15) is 14.4 Å². The third-order valence-corrected chi connectivity index (χ3v) is 2.26. The summed E-state index contributed by atoms with van der Waals surface area (Å²) in [6.45, 7) is 3.56. The van der Waals surface area contributed by atoms with Crippen molar-refractivity contribution in [3.05, 3.63) is 23.8 Å². The molecular formula is C12H16N2O4. The number of ether oxygens (including phenoxy) is 1. The van der Waals surface area contributed by atoms with Gasteiger partial charge in [0.2, 0.25) is 0 Å². The van der Waals surface area contributed by atoms with E-state index in [1.807, 2.05) is 12.2 Å². The number of carbonyl (C=O) groups is 3. The van der Waals surface area contributed by atoms with Gasteiger partial charge in [0.05, 0.1) is 0 Å². The Balaban J connectivity index is 2.66. The van der Waals surface area contributed by atoms with Crippen molar-refractivity contribution >= 4 is 17.9 Å². The van der Waals surface area contributed by atoms with Crippen LogP contribution < -0.4 is 10.6 Å². The minimum atomic E-state index is -0.847. The number of cyclic esters (lactones) is 1. The van der Waals surface area contributed by atoms with E-state index in [2.05, 4.69) is 10.1 Å². The molecule has 0 aromatic carbocycles. The Morgan fingerprint density at radius 2 is 2.28 bits per heavy atom. The summed E-state index contributed by atoms with van der Waals surface area (Å²) in [4.78, 5) is 34.0. The molecule has 1 saturated heterocycles. The van der Waals surface area contributed by atoms with Crippen molar-refractivity contribution in [2.75, 3.05) is 6.61 Å². The summed E-state index contributed by atoms with van der Waals surface area (Å²) in [5, 5.41) is 4.50. The summed E-state index contributed by atoms with van der Waals surface area (Å²) >= 11 is 0. The second kappa shape index (κ2) is 6.58. The topological polar surface area (TPSA) is 84.5 Å². The molecule has 1 heterocycles. The monoisotopic (exact) mass is 252 g/mol. The summed E-state index contributed by atoms with van der Waals surface area (Å²) < 4.78 is 4.64. The van der Waals surface area contributed by atoms with Crippen LogP contribution in [0.1, 0.15) is 20.3 Å². The number of allylic oxidation sites excluding steroid dienone is 2. The Hall–Kier alpha value is -2.11. The van der Waals surface area contributed by atoms with Crippen LogP contribution in [0.25, 0.3) is 0 Å². The highest BCUT2D eigenvalue weighted by atomic mass is 16.6. The predicted molar refractivity (Wildman–Crippen MR) is 64.6 cm³/mol. The van der Waals surface area contributed by atoms with E-state index < -0.39 is 18.0 Å². The van der Waals surface area contributed by atoms with Gasteiger partial charge in [0.25, 0.3) is 11.8 Å². The second-order valence-corrected chi connectivity index (χ2v) is 3.68. The Bertz CT molecular complexity index is 412. The van der Waals surface area contributed by atoms with E-state index in [1.165, 1.54) is 0 Å². The third-order valence-electron chi connectivity index (χ3n) is 2.26. The van der Waals surface area contributed by atoms with Crippen LogP contribution in [0.15, 0.2) is 23.8 Å². The minimum Gasteiger partial charge on any atom is -0.446 e. The van der Waals surface area contributed by atoms with Crippen LogP contribution in [0, 0.1) is 0 Å². The average molecular weight is 252 g/mol. The van der Waals surface area contributed by atoms with Crippen LogP contribution >= 0.6 is 0 Å². The van der Waals surface area contributed by atoms with Gasteiger partial charge in [-0.2, -0.15) is 0 Å². The molecule has 0 aromatic rings. The van der Waals surface area contributed by atoms with E-state index in [4.69, 9.17) is 0 Å². The quantitative estimate of drug-likeness (QED) is 0.568. The Morgan fingerprint density at radius 1 is 1.56 bits per heavy atom. The lowest BCUT2D eigenvalue weighted by Gasteiger charge is -2.22. The van der Waals surface area contributed by atoms with Gasteiger partial charge in [0.15, 0.2) is 0 Å². The molecule has 0 saturated carbocycles. The van der Waals surface area contributed by atoms with Gasteiger partial charge in [0.1, 0.15) is 12.6 Å². The van der Waals surface area contributed by atoms with Crippen molar-refractivity contribution in [3.63, 3.8) is 0 Å². The van der Waals surface area contributed by atoms with Crippen LogP contribution in [0.2, 0.25) is 0 Å². The fourth-order valence-electron chi connectivity index (χ4n) is 1.44. The lowest BCUT2D eigenvalue weighted by atomic mass is 10.1. The second-order valence-electron chi connectivity index (χ2n) is 3.68. The first-order valence-corrected chi connectivity index (χ1v) is 5.69. The molecule has 0 aromatic heterocycles. The zero-order valence-electron chi connectivity index (χ0n) is 10.4. The molecule has 6 nitrogen and oxygen atoms in total. The lowest BCUT2D eigenvalue weighted by Crippen LogP contribution is -2.55. The van der Waals surface area contributed by atoms with Gasteiger partial charge in [-0.05, 0) is 13.3 Å². The number of imide groups is 1. The van der Waals surface area contributed by atoms with Crippen molar-refractivity contribution in [2.24, 2.45) is 0 Å². The maximum Gasteiger partial charge on any atom is 0.413 e. The van der Waals surface area contributed by atoms with Gasteiger partial charge in [-0.25, -0.2) is 4.79 Å². The van der Waals surface area contributed by atoms with Crippen LogP contribution in [0.5, 0.6) is 0 Å². The number of carbonyl (C=O) groups excluding carboxylic acids is 3. The zero-order valence-corrected chi connectivity index (χ0v) is 10.4. The van der Waals surface area contributed by atoms with Crippen molar-refractivity contribution in [2.45, 2.75) is 26.3 Å². The maximum atomic E-state index is 11.9. The standard InChI is InChI=1S/C12H16N2O4/c1-3-5-8(6-4-2)10(15)13-9-7-18-12(17)14-11(9)16/h3,5-6,9H,4,7H2,1-2H3,(H,13,15)(H,14,16,17)/b5-3?,8-6+. The van der Waals surface area contributed by atoms with E-state index in [0.717, 1.165) is 0 Å². The molecule has 18 heavy (non-hydrogen) atoms. The first-order valence-electron chi connectivity index (χ1n) is 5.69. The molecule has 1 aliphatic rings. The molecule has 1 aliphatic heterocycles. The van der Waals surface area contributed by atoms with E-state index in [-0.39, 0.29) is 12.5 Å². The SMILES string of the molecule is CC=C/C(=C\CC)C(=O)NC1COC(=O)NC1=O. The van der Waals surface area contributed by atoms with E-state index in [1.54, 1.807) is 25.2 Å². The Kier molecular flexibility index (Phi) is 5.10. The van der Waals surface area contributed by atoms with Crippen LogP contribution in [0.3, 0.4) is 0 Å². The Morgan fingerprint density at radius 3 is 2.83 bits per heavy atom. The van der Waals surface area contributed by atoms with Crippen molar-refractivity contribution in [1.82, 2.24) is 10.6 Å². The lowest BCUT2D eigenvalue weighted by molar-refractivity contribution is -0.129. The maximum absolute atomic E-state index is 11.9. The van der Waals surface area contributed by atoms with E-state index in [0.29, 0.717) is 12.0 Å². The zero-order chi connectivity index (χ0) is 13.5. The third kappa shape index (κ3) is 3.73. The fraction of sp³-hybridized carbons (Fsp3) is 0.417. The molecule has 3 amide bonds. The van der Waals surface area contributed by atoms with Crippen molar-refractivity contribution < 1.29 is 19.1 Å². The van der Waals surface area contributed by atoms with Gasteiger partial charge < -0.3 is 10.1 Å². The smallest absolute Gasteiger partial charge is 0.413 e. The molecule has 1 unspecified atom stereocenters. The molecule has 1 fully saturated rings. The van der Waals surface area contributed by atoms with Crippen molar-refractivity contribution in [1.29, 1.82) is 0 Å². The highest BCUT2D eigenvalue weighted by Gasteiger charge is 2.29. The van der Waals surface area contributed by atoms with E-state index >= 15 is 0 Å². The van der Waals surface area contributed by atoms with Gasteiger partial charge in [-0.15, -0.1) is 0 Å². The summed E-state index contributed by atoms with van der Waals surface area (Å²) in [7, 11) is 0. The van der Waals surface area contributed by atoms with Gasteiger partial charge >= 0.3 is 6.09 Å². The van der Waals surface area contributed by atoms with Gasteiger partial charge in [-0.1, -0.05) is 25.2 Å². The number of rotatable bonds is 4. The van der Waals surface area contributed by atoms with Crippen LogP contribution in [0.4, 0.5) is 4.79 Å². The fourth-order valence-corrected chi connectivity index (χ4v) is 1.44. The molecule has 6 heteroatoms. The van der Waals surface area contributed by atoms with Crippen LogP contribution in [-0.2, 0) is 14.3 Å². The highest BCUT2D eigenvalue weighted by Crippen LogP contribution is 2.02. The van der Waals surface area contributed by atoms with Gasteiger partial charge in [-0.3, -0.25) is 14.9 Å². The molecule has 0 bridgehead atoms. The molecule has 1 rings (SSSR count). The van der Waals surface area contributed by atoms with Crippen LogP contribution in [-0.4, -0.2) is 30.6 Å². The summed E-state index contributed by atoms with van der Waals surface area (Å²) in [6, 6.07) is -0.847. The molecule has 0 aliphatic carbocycles. The molecule has 98 valence electrons. The summed E-state index contributed by atoms with van der Waals surface area (Å²) in [6.07, 6.45) is 5.07. The number of alkyl carbamates (subject to hydrolysis) is 1. The number of hydrogen-bond donors (Lipinski definition) is 2. The molecular weight excluding hydrogens is 236 g/mol. The molecule has 2 N–H and O–H groups in total. The normalized spacial score (nSPS) is 20.6.